The second-order valence-corrected chi connectivity index (χ2v) is 4.45. The number of rotatable bonds is 4. The van der Waals surface area contributed by atoms with Crippen LogP contribution in [0.2, 0.25) is 0 Å². The molecule has 2 unspecified atom stereocenters. The third-order valence-electron chi connectivity index (χ3n) is 3.11. The van der Waals surface area contributed by atoms with Gasteiger partial charge in [0, 0.05) is 19.1 Å². The first-order valence-electron chi connectivity index (χ1n) is 5.91. The van der Waals surface area contributed by atoms with E-state index in [9.17, 15) is 14.7 Å². The number of amides is 2. The number of aliphatic carboxylic acids is 1. The normalized spacial score (nSPS) is 21.4. The van der Waals surface area contributed by atoms with Crippen molar-refractivity contribution in [3.05, 3.63) is 0 Å². The highest BCUT2D eigenvalue weighted by Crippen LogP contribution is 2.14. The van der Waals surface area contributed by atoms with Crippen LogP contribution in [0.25, 0.3) is 0 Å². The maximum absolute atomic E-state index is 12.1. The molecule has 1 rings (SSSR count). The SMILES string of the molecule is CCC(C)N(CC(=O)O)C(=O)N1CCC(O)C1. The van der Waals surface area contributed by atoms with E-state index in [4.69, 9.17) is 5.11 Å². The van der Waals surface area contributed by atoms with Crippen molar-refractivity contribution < 1.29 is 19.8 Å². The second kappa shape index (κ2) is 5.86. The Bertz CT molecular complexity index is 295. The summed E-state index contributed by atoms with van der Waals surface area (Å²) in [4.78, 5) is 25.7. The summed E-state index contributed by atoms with van der Waals surface area (Å²) in [7, 11) is 0. The molecule has 1 aliphatic heterocycles. The number of carbonyl (C=O) groups excluding carboxylic acids is 1. The monoisotopic (exact) mass is 244 g/mol. The third-order valence-corrected chi connectivity index (χ3v) is 3.11. The Morgan fingerprint density at radius 3 is 2.59 bits per heavy atom. The van der Waals surface area contributed by atoms with Crippen molar-refractivity contribution in [1.29, 1.82) is 0 Å². The molecule has 0 aromatic carbocycles. The highest BCUT2D eigenvalue weighted by molar-refractivity contribution is 5.80. The molecule has 0 aromatic rings. The van der Waals surface area contributed by atoms with E-state index >= 15 is 0 Å². The number of urea groups is 1. The molecular formula is C11H20N2O4. The average Bonchev–Trinajstić information content (AvgIpc) is 2.70. The standard InChI is InChI=1S/C11H20N2O4/c1-3-8(2)13(7-10(15)16)11(17)12-5-4-9(14)6-12/h8-9,14H,3-7H2,1-2H3,(H,15,16). The number of carboxylic acid groups (broad SMARTS) is 1. The van der Waals surface area contributed by atoms with Crippen molar-refractivity contribution in [3.8, 4) is 0 Å². The molecule has 98 valence electrons. The fraction of sp³-hybridized carbons (Fsp3) is 0.818. The van der Waals surface area contributed by atoms with Crippen LogP contribution in [-0.4, -0.2) is 63.8 Å². The first kappa shape index (κ1) is 13.8. The predicted molar refractivity (Wildman–Crippen MR) is 61.7 cm³/mol. The largest absolute Gasteiger partial charge is 0.480 e. The predicted octanol–water partition coefficient (Wildman–Crippen LogP) is 0.358. The summed E-state index contributed by atoms with van der Waals surface area (Å²) >= 11 is 0. The van der Waals surface area contributed by atoms with Gasteiger partial charge in [0.1, 0.15) is 6.54 Å². The van der Waals surface area contributed by atoms with Gasteiger partial charge in [-0.2, -0.15) is 0 Å². The Hall–Kier alpha value is -1.30. The molecule has 2 N–H and O–H groups in total. The summed E-state index contributed by atoms with van der Waals surface area (Å²) in [5.74, 6) is -1.02. The average molecular weight is 244 g/mol. The summed E-state index contributed by atoms with van der Waals surface area (Å²) in [6.07, 6.45) is 0.783. The van der Waals surface area contributed by atoms with Gasteiger partial charge >= 0.3 is 12.0 Å². The van der Waals surface area contributed by atoms with E-state index < -0.39 is 12.1 Å². The molecule has 17 heavy (non-hydrogen) atoms. The van der Waals surface area contributed by atoms with Gasteiger partial charge < -0.3 is 20.0 Å². The van der Waals surface area contributed by atoms with Gasteiger partial charge in [-0.3, -0.25) is 4.79 Å². The summed E-state index contributed by atoms with van der Waals surface area (Å²) in [6.45, 7) is 4.23. The fourth-order valence-electron chi connectivity index (χ4n) is 1.88. The summed E-state index contributed by atoms with van der Waals surface area (Å²) < 4.78 is 0. The molecule has 1 saturated heterocycles. The Morgan fingerprint density at radius 1 is 1.53 bits per heavy atom. The number of nitrogens with zero attached hydrogens (tertiary/aromatic N) is 2. The van der Waals surface area contributed by atoms with Crippen molar-refractivity contribution in [2.24, 2.45) is 0 Å². The lowest BCUT2D eigenvalue weighted by atomic mass is 10.2. The molecule has 2 atom stereocenters. The smallest absolute Gasteiger partial charge is 0.323 e. The van der Waals surface area contributed by atoms with Gasteiger partial charge in [0.15, 0.2) is 0 Å². The lowest BCUT2D eigenvalue weighted by molar-refractivity contribution is -0.138. The van der Waals surface area contributed by atoms with E-state index in [0.29, 0.717) is 25.9 Å². The zero-order valence-electron chi connectivity index (χ0n) is 10.3. The molecule has 1 heterocycles. The number of carbonyl (C=O) groups is 2. The Morgan fingerprint density at radius 2 is 2.18 bits per heavy atom. The second-order valence-electron chi connectivity index (χ2n) is 4.45. The zero-order chi connectivity index (χ0) is 13.0. The molecule has 0 saturated carbocycles. The third kappa shape index (κ3) is 3.59. The summed E-state index contributed by atoms with van der Waals surface area (Å²) in [5.41, 5.74) is 0. The topological polar surface area (TPSA) is 81.1 Å². The molecule has 6 nitrogen and oxygen atoms in total. The van der Waals surface area contributed by atoms with Crippen LogP contribution in [0, 0.1) is 0 Å². The van der Waals surface area contributed by atoms with Crippen LogP contribution in [0.3, 0.4) is 0 Å². The van der Waals surface area contributed by atoms with Gasteiger partial charge in [-0.15, -0.1) is 0 Å². The van der Waals surface area contributed by atoms with Crippen LogP contribution in [0.1, 0.15) is 26.7 Å². The van der Waals surface area contributed by atoms with Gasteiger partial charge in [-0.05, 0) is 19.8 Å². The number of hydrogen-bond acceptors (Lipinski definition) is 3. The van der Waals surface area contributed by atoms with Gasteiger partial charge in [0.05, 0.1) is 6.10 Å². The van der Waals surface area contributed by atoms with Gasteiger partial charge in [0.2, 0.25) is 0 Å². The van der Waals surface area contributed by atoms with Crippen molar-refractivity contribution in [3.63, 3.8) is 0 Å². The van der Waals surface area contributed by atoms with Crippen LogP contribution < -0.4 is 0 Å². The maximum Gasteiger partial charge on any atom is 0.323 e. The van der Waals surface area contributed by atoms with Crippen molar-refractivity contribution in [2.45, 2.75) is 38.8 Å². The molecule has 2 amide bonds. The van der Waals surface area contributed by atoms with E-state index in [1.54, 1.807) is 0 Å². The number of aliphatic hydroxyl groups excluding tert-OH is 1. The maximum atomic E-state index is 12.1. The number of likely N-dealkylation sites (tertiary alicyclic amines) is 1. The molecular weight excluding hydrogens is 224 g/mol. The minimum Gasteiger partial charge on any atom is -0.480 e. The number of carboxylic acids is 1. The minimum absolute atomic E-state index is 0.114. The van der Waals surface area contributed by atoms with E-state index in [1.165, 1.54) is 9.80 Å². The molecule has 0 aliphatic carbocycles. The van der Waals surface area contributed by atoms with E-state index in [0.717, 1.165) is 0 Å². The van der Waals surface area contributed by atoms with Gasteiger partial charge in [-0.1, -0.05) is 6.92 Å². The number of aliphatic hydroxyl groups is 1. The van der Waals surface area contributed by atoms with Gasteiger partial charge in [0.25, 0.3) is 0 Å². The Kier molecular flexibility index (Phi) is 4.74. The first-order chi connectivity index (χ1) is 7.95. The lowest BCUT2D eigenvalue weighted by Crippen LogP contribution is -2.48. The molecule has 0 radical (unpaired) electrons. The first-order valence-corrected chi connectivity index (χ1v) is 5.91. The van der Waals surface area contributed by atoms with Crippen LogP contribution in [0.5, 0.6) is 0 Å². The molecule has 0 bridgehead atoms. The summed E-state index contributed by atoms with van der Waals surface area (Å²) in [6, 6.07) is -0.408. The lowest BCUT2D eigenvalue weighted by Gasteiger charge is -2.31. The number of hydrogen-bond donors (Lipinski definition) is 2. The Labute approximate surface area is 101 Å². The van der Waals surface area contributed by atoms with E-state index in [2.05, 4.69) is 0 Å². The highest BCUT2D eigenvalue weighted by Gasteiger charge is 2.30. The molecule has 6 heteroatoms. The van der Waals surface area contributed by atoms with Crippen molar-refractivity contribution in [1.82, 2.24) is 9.80 Å². The van der Waals surface area contributed by atoms with E-state index in [1.807, 2.05) is 13.8 Å². The Balaban J connectivity index is 2.68. The molecule has 1 aliphatic rings. The highest BCUT2D eigenvalue weighted by atomic mass is 16.4. The molecule has 1 fully saturated rings. The quantitative estimate of drug-likeness (QED) is 0.748. The fourth-order valence-corrected chi connectivity index (χ4v) is 1.88. The number of β-amino-alcohol motifs (C(OH)–C–C–N with tert-alkyl or cyclic N) is 1. The van der Waals surface area contributed by atoms with Crippen molar-refractivity contribution >= 4 is 12.0 Å². The molecule has 0 spiro atoms. The minimum atomic E-state index is -1.02. The van der Waals surface area contributed by atoms with Crippen LogP contribution in [0.15, 0.2) is 0 Å². The van der Waals surface area contributed by atoms with Crippen LogP contribution >= 0.6 is 0 Å². The van der Waals surface area contributed by atoms with Crippen molar-refractivity contribution in [2.75, 3.05) is 19.6 Å². The summed E-state index contributed by atoms with van der Waals surface area (Å²) in [5, 5.41) is 18.2. The van der Waals surface area contributed by atoms with Crippen LogP contribution in [-0.2, 0) is 4.79 Å². The van der Waals surface area contributed by atoms with Crippen LogP contribution in [0.4, 0.5) is 4.79 Å². The zero-order valence-corrected chi connectivity index (χ0v) is 10.3. The van der Waals surface area contributed by atoms with E-state index in [-0.39, 0.29) is 18.6 Å². The van der Waals surface area contributed by atoms with Gasteiger partial charge in [-0.25, -0.2) is 4.79 Å². The molecule has 0 aromatic heterocycles.